The molecule has 28 heavy (non-hydrogen) atoms. The normalized spacial score (nSPS) is 20.0. The van der Waals surface area contributed by atoms with Crippen molar-refractivity contribution in [2.24, 2.45) is 0 Å². The molecular formula is C21H26N2O4S. The average molecular weight is 403 g/mol. The van der Waals surface area contributed by atoms with Gasteiger partial charge in [0.15, 0.2) is 0 Å². The van der Waals surface area contributed by atoms with E-state index in [1.54, 1.807) is 0 Å². The molecule has 1 aliphatic rings. The minimum atomic E-state index is -0.453. The SMILES string of the molecule is COC(=O)c1c(-c2ccccc2)csc1NC(=O)CCN1C[C@@H](C)O[C@H](C)C1. The van der Waals surface area contributed by atoms with Crippen LogP contribution in [0.4, 0.5) is 5.00 Å². The number of morpholine rings is 1. The van der Waals surface area contributed by atoms with Gasteiger partial charge in [-0.3, -0.25) is 9.69 Å². The summed E-state index contributed by atoms with van der Waals surface area (Å²) in [6.45, 7) is 6.39. The highest BCUT2D eigenvalue weighted by Crippen LogP contribution is 2.36. The molecular weight excluding hydrogens is 376 g/mol. The molecule has 0 unspecified atom stereocenters. The third-order valence-corrected chi connectivity index (χ3v) is 5.56. The molecule has 1 amide bonds. The number of nitrogens with zero attached hydrogens (tertiary/aromatic N) is 1. The van der Waals surface area contributed by atoms with Gasteiger partial charge >= 0.3 is 5.97 Å². The molecule has 1 aliphatic heterocycles. The largest absolute Gasteiger partial charge is 0.465 e. The number of hydrogen-bond donors (Lipinski definition) is 1. The number of ether oxygens (including phenoxy) is 2. The first-order valence-electron chi connectivity index (χ1n) is 9.40. The van der Waals surface area contributed by atoms with Gasteiger partial charge in [-0.05, 0) is 19.4 Å². The van der Waals surface area contributed by atoms with Crippen LogP contribution in [0, 0.1) is 0 Å². The van der Waals surface area contributed by atoms with Crippen LogP contribution in [-0.2, 0) is 14.3 Å². The lowest BCUT2D eigenvalue weighted by molar-refractivity contribution is -0.117. The summed E-state index contributed by atoms with van der Waals surface area (Å²) in [6, 6.07) is 9.61. The van der Waals surface area contributed by atoms with Crippen LogP contribution in [0.1, 0.15) is 30.6 Å². The number of methoxy groups -OCH3 is 1. The van der Waals surface area contributed by atoms with E-state index >= 15 is 0 Å². The number of carbonyl (C=O) groups is 2. The summed E-state index contributed by atoms with van der Waals surface area (Å²) in [7, 11) is 1.35. The number of anilines is 1. The highest BCUT2D eigenvalue weighted by molar-refractivity contribution is 7.15. The number of nitrogens with one attached hydrogen (secondary N) is 1. The smallest absolute Gasteiger partial charge is 0.341 e. The van der Waals surface area contributed by atoms with E-state index < -0.39 is 5.97 Å². The summed E-state index contributed by atoms with van der Waals surface area (Å²) >= 11 is 1.34. The Balaban J connectivity index is 1.69. The highest BCUT2D eigenvalue weighted by atomic mass is 32.1. The molecule has 0 aliphatic carbocycles. The highest BCUT2D eigenvalue weighted by Gasteiger charge is 2.24. The monoisotopic (exact) mass is 402 g/mol. The Morgan fingerprint density at radius 3 is 2.54 bits per heavy atom. The molecule has 0 radical (unpaired) electrons. The molecule has 1 saturated heterocycles. The fourth-order valence-corrected chi connectivity index (χ4v) is 4.47. The summed E-state index contributed by atoms with van der Waals surface area (Å²) < 4.78 is 10.7. The van der Waals surface area contributed by atoms with Crippen molar-refractivity contribution < 1.29 is 19.1 Å². The molecule has 0 spiro atoms. The number of carbonyl (C=O) groups excluding carboxylic acids is 2. The summed E-state index contributed by atoms with van der Waals surface area (Å²) in [5, 5.41) is 5.30. The summed E-state index contributed by atoms with van der Waals surface area (Å²) in [4.78, 5) is 27.1. The fraction of sp³-hybridized carbons (Fsp3) is 0.429. The lowest BCUT2D eigenvalue weighted by Crippen LogP contribution is -2.46. The van der Waals surface area contributed by atoms with Crippen LogP contribution in [0.15, 0.2) is 35.7 Å². The molecule has 1 aromatic heterocycles. The van der Waals surface area contributed by atoms with Crippen LogP contribution >= 0.6 is 11.3 Å². The molecule has 2 atom stereocenters. The molecule has 1 fully saturated rings. The van der Waals surface area contributed by atoms with Crippen molar-refractivity contribution in [3.05, 3.63) is 41.3 Å². The van der Waals surface area contributed by atoms with Crippen molar-refractivity contribution in [3.63, 3.8) is 0 Å². The molecule has 0 saturated carbocycles. The van der Waals surface area contributed by atoms with Gasteiger partial charge in [-0.2, -0.15) is 0 Å². The minimum absolute atomic E-state index is 0.113. The Hall–Kier alpha value is -2.22. The van der Waals surface area contributed by atoms with E-state index in [1.807, 2.05) is 49.6 Å². The maximum Gasteiger partial charge on any atom is 0.341 e. The summed E-state index contributed by atoms with van der Waals surface area (Å²) in [5.74, 6) is -0.565. The summed E-state index contributed by atoms with van der Waals surface area (Å²) in [5.41, 5.74) is 2.08. The second kappa shape index (κ2) is 9.32. The molecule has 3 rings (SSSR count). The Labute approximate surface area is 169 Å². The third kappa shape index (κ3) is 4.98. The van der Waals surface area contributed by atoms with Gasteiger partial charge in [-0.25, -0.2) is 4.79 Å². The van der Waals surface area contributed by atoms with Gasteiger partial charge in [0.05, 0.1) is 19.3 Å². The maximum absolute atomic E-state index is 12.5. The first-order valence-corrected chi connectivity index (χ1v) is 10.3. The van der Waals surface area contributed by atoms with E-state index in [4.69, 9.17) is 9.47 Å². The number of esters is 1. The van der Waals surface area contributed by atoms with Crippen molar-refractivity contribution in [3.8, 4) is 11.1 Å². The summed E-state index contributed by atoms with van der Waals surface area (Å²) in [6.07, 6.45) is 0.699. The lowest BCUT2D eigenvalue weighted by Gasteiger charge is -2.35. The number of thiophene rings is 1. The zero-order valence-corrected chi connectivity index (χ0v) is 17.3. The van der Waals surface area contributed by atoms with Crippen LogP contribution in [0.25, 0.3) is 11.1 Å². The van der Waals surface area contributed by atoms with Gasteiger partial charge < -0.3 is 14.8 Å². The average Bonchev–Trinajstić information content (AvgIpc) is 3.09. The lowest BCUT2D eigenvalue weighted by atomic mass is 10.0. The van der Waals surface area contributed by atoms with Gasteiger partial charge in [0.1, 0.15) is 10.6 Å². The molecule has 0 bridgehead atoms. The molecule has 2 aromatic rings. The van der Waals surface area contributed by atoms with Crippen molar-refractivity contribution in [2.75, 3.05) is 32.1 Å². The Morgan fingerprint density at radius 1 is 1.21 bits per heavy atom. The van der Waals surface area contributed by atoms with E-state index in [0.29, 0.717) is 23.5 Å². The van der Waals surface area contributed by atoms with Crippen molar-refractivity contribution in [1.82, 2.24) is 4.90 Å². The Kier molecular flexibility index (Phi) is 6.83. The second-order valence-electron chi connectivity index (χ2n) is 7.03. The van der Waals surface area contributed by atoms with Crippen LogP contribution in [0.2, 0.25) is 0 Å². The van der Waals surface area contributed by atoms with Crippen molar-refractivity contribution >= 4 is 28.2 Å². The number of hydrogen-bond acceptors (Lipinski definition) is 6. The first kappa shape index (κ1) is 20.5. The molecule has 7 heteroatoms. The molecule has 1 N–H and O–H groups in total. The number of benzene rings is 1. The zero-order chi connectivity index (χ0) is 20.1. The van der Waals surface area contributed by atoms with E-state index in [1.165, 1.54) is 18.4 Å². The van der Waals surface area contributed by atoms with Crippen LogP contribution in [0.5, 0.6) is 0 Å². The first-order chi connectivity index (χ1) is 13.5. The van der Waals surface area contributed by atoms with Crippen molar-refractivity contribution in [2.45, 2.75) is 32.5 Å². The third-order valence-electron chi connectivity index (χ3n) is 4.67. The van der Waals surface area contributed by atoms with Gasteiger partial charge in [0.25, 0.3) is 0 Å². The Morgan fingerprint density at radius 2 is 1.89 bits per heavy atom. The zero-order valence-electron chi connectivity index (χ0n) is 16.4. The molecule has 2 heterocycles. The quantitative estimate of drug-likeness (QED) is 0.747. The van der Waals surface area contributed by atoms with Crippen LogP contribution in [-0.4, -0.2) is 55.7 Å². The minimum Gasteiger partial charge on any atom is -0.465 e. The fourth-order valence-electron chi connectivity index (χ4n) is 3.50. The van der Waals surface area contributed by atoms with Gasteiger partial charge in [-0.1, -0.05) is 30.3 Å². The van der Waals surface area contributed by atoms with Gasteiger partial charge in [0, 0.05) is 37.0 Å². The van der Waals surface area contributed by atoms with E-state index in [0.717, 1.165) is 24.2 Å². The maximum atomic E-state index is 12.5. The molecule has 1 aromatic carbocycles. The van der Waals surface area contributed by atoms with E-state index in [-0.39, 0.29) is 18.1 Å². The Bertz CT molecular complexity index is 811. The van der Waals surface area contributed by atoms with E-state index in [2.05, 4.69) is 10.2 Å². The predicted molar refractivity (Wildman–Crippen MR) is 111 cm³/mol. The van der Waals surface area contributed by atoms with Crippen LogP contribution in [0.3, 0.4) is 0 Å². The van der Waals surface area contributed by atoms with Crippen LogP contribution < -0.4 is 5.32 Å². The topological polar surface area (TPSA) is 67.9 Å². The van der Waals surface area contributed by atoms with Gasteiger partial charge in [0.2, 0.25) is 5.91 Å². The second-order valence-corrected chi connectivity index (χ2v) is 7.91. The van der Waals surface area contributed by atoms with Crippen molar-refractivity contribution in [1.29, 1.82) is 0 Å². The molecule has 6 nitrogen and oxygen atoms in total. The van der Waals surface area contributed by atoms with Gasteiger partial charge in [-0.15, -0.1) is 11.3 Å². The number of rotatable bonds is 6. The number of amides is 1. The standard InChI is InChI=1S/C21H26N2O4S/c1-14-11-23(12-15(2)27-14)10-9-18(24)22-20-19(21(25)26-3)17(13-28-20)16-7-5-4-6-8-16/h4-8,13-15H,9-12H2,1-3H3,(H,22,24)/t14-,15-/m1/s1. The predicted octanol–water partition coefficient (Wildman–Crippen LogP) is 3.64. The molecule has 150 valence electrons. The van der Waals surface area contributed by atoms with E-state index in [9.17, 15) is 9.59 Å².